The van der Waals surface area contributed by atoms with Crippen LogP contribution in [0.15, 0.2) is 4.90 Å². The van der Waals surface area contributed by atoms with Gasteiger partial charge in [-0.05, 0) is 6.42 Å². The summed E-state index contributed by atoms with van der Waals surface area (Å²) in [5.41, 5.74) is 5.78. The summed E-state index contributed by atoms with van der Waals surface area (Å²) in [5, 5.41) is 5.81. The fourth-order valence-corrected chi connectivity index (χ4v) is 3.92. The molecule has 0 bridgehead atoms. The Bertz CT molecular complexity index is 549. The van der Waals surface area contributed by atoms with Crippen molar-refractivity contribution in [3.63, 3.8) is 0 Å². The number of hydrogen-bond donors (Lipinski definition) is 3. The van der Waals surface area contributed by atoms with Gasteiger partial charge in [0.05, 0.1) is 5.69 Å². The van der Waals surface area contributed by atoms with Crippen LogP contribution in [0, 0.1) is 0 Å². The van der Waals surface area contributed by atoms with Crippen LogP contribution in [0.25, 0.3) is 0 Å². The Labute approximate surface area is 110 Å². The van der Waals surface area contributed by atoms with Gasteiger partial charge in [0.15, 0.2) is 9.84 Å². The van der Waals surface area contributed by atoms with Crippen molar-refractivity contribution >= 4 is 37.8 Å². The number of hydrogen-bond acceptors (Lipinski definition) is 6. The second kappa shape index (κ2) is 5.57. The summed E-state index contributed by atoms with van der Waals surface area (Å²) in [4.78, 5) is 12.1. The van der Waals surface area contributed by atoms with Crippen molar-refractivity contribution in [1.82, 2.24) is 5.32 Å². The average molecular weight is 291 g/mol. The van der Waals surface area contributed by atoms with E-state index in [4.69, 9.17) is 5.73 Å². The third-order valence-corrected chi connectivity index (χ3v) is 4.76. The highest BCUT2D eigenvalue weighted by molar-refractivity contribution is 7.91. The molecule has 4 N–H and O–H groups in total. The molecule has 8 heteroatoms. The number of rotatable bonds is 5. The number of nitrogens with one attached hydrogen (secondary N) is 2. The van der Waals surface area contributed by atoms with Crippen LogP contribution in [0.4, 0.5) is 10.7 Å². The lowest BCUT2D eigenvalue weighted by molar-refractivity contribution is 0.0958. The molecule has 1 rings (SSSR count). The zero-order valence-corrected chi connectivity index (χ0v) is 12.2. The summed E-state index contributed by atoms with van der Waals surface area (Å²) in [7, 11) is -1.88. The molecule has 0 radical (unpaired) electrons. The van der Waals surface area contributed by atoms with E-state index in [0.717, 1.165) is 24.0 Å². The molecular formula is C10H17N3O3S2. The van der Waals surface area contributed by atoms with Crippen molar-refractivity contribution < 1.29 is 13.2 Å². The number of carbonyl (C=O) groups excluding carboxylic acids is 1. The van der Waals surface area contributed by atoms with Gasteiger partial charge >= 0.3 is 0 Å². The van der Waals surface area contributed by atoms with Crippen LogP contribution in [-0.2, 0) is 9.84 Å². The zero-order chi connectivity index (χ0) is 13.9. The molecular weight excluding hydrogens is 274 g/mol. The summed E-state index contributed by atoms with van der Waals surface area (Å²) in [5.74, 6) is -0.342. The standard InChI is InChI=1S/C10H17N3O3S2/c1-4-5-13-9(14)7-6(11)8(18(3,15)16)10(12-2)17-7/h12H,4-5,11H2,1-3H3,(H,13,14). The molecule has 0 unspecified atom stereocenters. The fraction of sp³-hybridized carbons (Fsp3) is 0.500. The quantitative estimate of drug-likeness (QED) is 0.748. The maximum atomic E-state index is 11.8. The molecule has 1 aromatic heterocycles. The predicted octanol–water partition coefficient (Wildman–Crippen LogP) is 0.915. The molecule has 0 fully saturated rings. The first-order valence-corrected chi connectivity index (χ1v) is 8.12. The summed E-state index contributed by atoms with van der Waals surface area (Å²) in [6, 6.07) is 0. The van der Waals surface area contributed by atoms with Crippen molar-refractivity contribution in [3.8, 4) is 0 Å². The van der Waals surface area contributed by atoms with E-state index in [1.165, 1.54) is 0 Å². The Hall–Kier alpha value is -1.28. The molecule has 1 amide bonds. The largest absolute Gasteiger partial charge is 0.396 e. The van der Waals surface area contributed by atoms with E-state index in [1.54, 1.807) is 7.05 Å². The first kappa shape index (κ1) is 14.8. The predicted molar refractivity (Wildman–Crippen MR) is 74.0 cm³/mol. The number of thiophene rings is 1. The van der Waals surface area contributed by atoms with Gasteiger partial charge in [-0.3, -0.25) is 4.79 Å². The molecule has 0 saturated carbocycles. The Kier molecular flexibility index (Phi) is 4.58. The van der Waals surface area contributed by atoms with Crippen molar-refractivity contribution in [2.75, 3.05) is 30.9 Å². The van der Waals surface area contributed by atoms with Crippen LogP contribution in [0.5, 0.6) is 0 Å². The van der Waals surface area contributed by atoms with Gasteiger partial charge in [0.1, 0.15) is 14.8 Å². The summed E-state index contributed by atoms with van der Waals surface area (Å²) in [6.45, 7) is 2.46. The van der Waals surface area contributed by atoms with E-state index in [2.05, 4.69) is 10.6 Å². The second-order valence-corrected chi connectivity index (χ2v) is 6.75. The van der Waals surface area contributed by atoms with E-state index < -0.39 is 9.84 Å². The number of nitrogens with two attached hydrogens (primary N) is 1. The number of carbonyl (C=O) groups is 1. The monoisotopic (exact) mass is 291 g/mol. The second-order valence-electron chi connectivity index (χ2n) is 3.78. The maximum Gasteiger partial charge on any atom is 0.263 e. The van der Waals surface area contributed by atoms with Crippen molar-refractivity contribution in [3.05, 3.63) is 4.88 Å². The highest BCUT2D eigenvalue weighted by Crippen LogP contribution is 2.38. The van der Waals surface area contributed by atoms with Gasteiger partial charge in [0.25, 0.3) is 5.91 Å². The molecule has 0 atom stereocenters. The van der Waals surface area contributed by atoms with Crippen molar-refractivity contribution in [2.24, 2.45) is 0 Å². The van der Waals surface area contributed by atoms with Crippen LogP contribution in [0.3, 0.4) is 0 Å². The van der Waals surface area contributed by atoms with Crippen molar-refractivity contribution in [1.29, 1.82) is 0 Å². The topological polar surface area (TPSA) is 101 Å². The lowest BCUT2D eigenvalue weighted by Crippen LogP contribution is -2.24. The van der Waals surface area contributed by atoms with E-state index >= 15 is 0 Å². The summed E-state index contributed by atoms with van der Waals surface area (Å²) < 4.78 is 23.3. The van der Waals surface area contributed by atoms with Gasteiger partial charge in [-0.15, -0.1) is 11.3 Å². The highest BCUT2D eigenvalue weighted by atomic mass is 32.2. The third kappa shape index (κ3) is 2.94. The van der Waals surface area contributed by atoms with Crippen LogP contribution < -0.4 is 16.4 Å². The minimum Gasteiger partial charge on any atom is -0.396 e. The lowest BCUT2D eigenvalue weighted by Gasteiger charge is -2.02. The average Bonchev–Trinajstić information content (AvgIpc) is 2.62. The molecule has 0 aromatic carbocycles. The van der Waals surface area contributed by atoms with E-state index in [1.807, 2.05) is 6.92 Å². The Morgan fingerprint density at radius 3 is 2.44 bits per heavy atom. The molecule has 0 saturated heterocycles. The van der Waals surface area contributed by atoms with Crippen LogP contribution >= 0.6 is 11.3 Å². The number of amides is 1. The molecule has 1 aromatic rings. The van der Waals surface area contributed by atoms with Gasteiger partial charge in [-0.1, -0.05) is 6.92 Å². The van der Waals surface area contributed by atoms with E-state index in [9.17, 15) is 13.2 Å². The van der Waals surface area contributed by atoms with Gasteiger partial charge in [-0.25, -0.2) is 8.42 Å². The van der Waals surface area contributed by atoms with Gasteiger partial charge < -0.3 is 16.4 Å². The van der Waals surface area contributed by atoms with Crippen LogP contribution in [-0.4, -0.2) is 34.2 Å². The van der Waals surface area contributed by atoms with E-state index in [-0.39, 0.29) is 21.4 Å². The molecule has 102 valence electrons. The lowest BCUT2D eigenvalue weighted by atomic mass is 10.3. The molecule has 0 aliphatic carbocycles. The molecule has 0 spiro atoms. The van der Waals surface area contributed by atoms with Gasteiger partial charge in [0, 0.05) is 19.8 Å². The summed E-state index contributed by atoms with van der Waals surface area (Å²) in [6.07, 6.45) is 1.87. The smallest absolute Gasteiger partial charge is 0.263 e. The SMILES string of the molecule is CCCNC(=O)c1sc(NC)c(S(C)(=O)=O)c1N. The van der Waals surface area contributed by atoms with Crippen LogP contribution in [0.2, 0.25) is 0 Å². The number of anilines is 2. The normalized spacial score (nSPS) is 11.3. The zero-order valence-electron chi connectivity index (χ0n) is 10.5. The molecule has 0 aliphatic heterocycles. The van der Waals surface area contributed by atoms with Crippen molar-refractivity contribution in [2.45, 2.75) is 18.2 Å². The molecule has 1 heterocycles. The first-order valence-electron chi connectivity index (χ1n) is 5.41. The molecule has 6 nitrogen and oxygen atoms in total. The summed E-state index contributed by atoms with van der Waals surface area (Å²) >= 11 is 1.04. The Morgan fingerprint density at radius 2 is 2.06 bits per heavy atom. The first-order chi connectivity index (χ1) is 8.32. The molecule has 0 aliphatic rings. The Balaban J connectivity index is 3.25. The van der Waals surface area contributed by atoms with E-state index in [0.29, 0.717) is 11.5 Å². The number of nitrogen functional groups attached to an aromatic ring is 1. The third-order valence-electron chi connectivity index (χ3n) is 2.24. The Morgan fingerprint density at radius 1 is 1.44 bits per heavy atom. The van der Waals surface area contributed by atoms with Gasteiger partial charge in [-0.2, -0.15) is 0 Å². The molecule has 18 heavy (non-hydrogen) atoms. The fourth-order valence-electron chi connectivity index (χ4n) is 1.45. The van der Waals surface area contributed by atoms with Gasteiger partial charge in [0.2, 0.25) is 0 Å². The minimum atomic E-state index is -3.47. The minimum absolute atomic E-state index is 0.00310. The highest BCUT2D eigenvalue weighted by Gasteiger charge is 2.26. The van der Waals surface area contributed by atoms with Crippen LogP contribution in [0.1, 0.15) is 23.0 Å². The maximum absolute atomic E-state index is 11.8. The number of sulfone groups is 1.